The lowest BCUT2D eigenvalue weighted by Gasteiger charge is -2.10. The largest absolute Gasteiger partial charge is 0.424 e. The van der Waals surface area contributed by atoms with Crippen LogP contribution in [0, 0.1) is 6.92 Å². The number of nitrogens with one attached hydrogen (secondary N) is 1. The predicted molar refractivity (Wildman–Crippen MR) is 89.1 cm³/mol. The highest BCUT2D eigenvalue weighted by molar-refractivity contribution is 9.10. The number of carbonyl (C=O) groups is 1. The standard InChI is InChI=1S/C16H18BrN3O2/c1-3-4-5-15(21)20-13-6-7-14(11(2)8-13)22-16-18-9-12(17)10-19-16/h6-10H,3-5H2,1-2H3,(H,20,21). The Labute approximate surface area is 138 Å². The summed E-state index contributed by atoms with van der Waals surface area (Å²) in [4.78, 5) is 19.9. The van der Waals surface area contributed by atoms with Crippen molar-refractivity contribution in [1.82, 2.24) is 9.97 Å². The maximum Gasteiger partial charge on any atom is 0.321 e. The third kappa shape index (κ3) is 4.80. The molecule has 0 bridgehead atoms. The van der Waals surface area contributed by atoms with Crippen LogP contribution in [0.5, 0.6) is 11.8 Å². The fourth-order valence-electron chi connectivity index (χ4n) is 1.85. The monoisotopic (exact) mass is 363 g/mol. The molecule has 0 saturated heterocycles. The minimum absolute atomic E-state index is 0.0335. The van der Waals surface area contributed by atoms with Gasteiger partial charge in [-0.25, -0.2) is 9.97 Å². The summed E-state index contributed by atoms with van der Waals surface area (Å²) in [5, 5.41) is 2.88. The van der Waals surface area contributed by atoms with Crippen LogP contribution in [-0.2, 0) is 4.79 Å². The van der Waals surface area contributed by atoms with Crippen LogP contribution in [0.3, 0.4) is 0 Å². The van der Waals surface area contributed by atoms with Gasteiger partial charge in [-0.05, 0) is 53.0 Å². The van der Waals surface area contributed by atoms with Crippen molar-refractivity contribution >= 4 is 27.5 Å². The molecule has 6 heteroatoms. The highest BCUT2D eigenvalue weighted by Crippen LogP contribution is 2.25. The maximum absolute atomic E-state index is 11.7. The van der Waals surface area contributed by atoms with E-state index in [2.05, 4.69) is 38.1 Å². The van der Waals surface area contributed by atoms with Gasteiger partial charge in [-0.1, -0.05) is 13.3 Å². The van der Waals surface area contributed by atoms with Gasteiger partial charge in [-0.15, -0.1) is 0 Å². The number of rotatable bonds is 6. The van der Waals surface area contributed by atoms with Gasteiger partial charge in [-0.3, -0.25) is 4.79 Å². The number of aromatic nitrogens is 2. The molecule has 0 radical (unpaired) electrons. The van der Waals surface area contributed by atoms with E-state index >= 15 is 0 Å². The van der Waals surface area contributed by atoms with E-state index in [1.807, 2.05) is 19.1 Å². The number of hydrogen-bond donors (Lipinski definition) is 1. The van der Waals surface area contributed by atoms with Gasteiger partial charge in [0.2, 0.25) is 5.91 Å². The number of nitrogens with zero attached hydrogens (tertiary/aromatic N) is 2. The molecule has 1 heterocycles. The molecule has 2 aromatic rings. The van der Waals surface area contributed by atoms with Gasteiger partial charge in [0, 0.05) is 24.5 Å². The van der Waals surface area contributed by atoms with Crippen LogP contribution in [0.25, 0.3) is 0 Å². The van der Waals surface area contributed by atoms with E-state index in [1.54, 1.807) is 18.5 Å². The Morgan fingerprint density at radius 1 is 1.32 bits per heavy atom. The molecule has 116 valence electrons. The molecule has 0 aliphatic carbocycles. The van der Waals surface area contributed by atoms with Crippen LogP contribution in [0.2, 0.25) is 0 Å². The fraction of sp³-hybridized carbons (Fsp3) is 0.312. The van der Waals surface area contributed by atoms with Gasteiger partial charge in [-0.2, -0.15) is 0 Å². The smallest absolute Gasteiger partial charge is 0.321 e. The normalized spacial score (nSPS) is 10.3. The first kappa shape index (κ1) is 16.4. The van der Waals surface area contributed by atoms with Crippen LogP contribution < -0.4 is 10.1 Å². The second kappa shape index (κ2) is 7.89. The van der Waals surface area contributed by atoms with Crippen LogP contribution in [0.15, 0.2) is 35.1 Å². The molecule has 1 amide bonds. The van der Waals surface area contributed by atoms with E-state index in [4.69, 9.17) is 4.74 Å². The molecule has 0 saturated carbocycles. The topological polar surface area (TPSA) is 64.1 Å². The lowest BCUT2D eigenvalue weighted by Crippen LogP contribution is -2.11. The van der Waals surface area contributed by atoms with E-state index in [0.29, 0.717) is 12.2 Å². The number of halogens is 1. The Morgan fingerprint density at radius 2 is 2.05 bits per heavy atom. The molecule has 0 fully saturated rings. The molecule has 0 aliphatic heterocycles. The molecule has 2 rings (SSSR count). The Hall–Kier alpha value is -1.95. The van der Waals surface area contributed by atoms with Crippen LogP contribution >= 0.6 is 15.9 Å². The Kier molecular flexibility index (Phi) is 5.89. The number of ether oxygens (including phenoxy) is 1. The van der Waals surface area contributed by atoms with Crippen molar-refractivity contribution in [3.05, 3.63) is 40.6 Å². The predicted octanol–water partition coefficient (Wildman–Crippen LogP) is 4.47. The van der Waals surface area contributed by atoms with Gasteiger partial charge in [0.1, 0.15) is 5.75 Å². The molecule has 1 N–H and O–H groups in total. The summed E-state index contributed by atoms with van der Waals surface area (Å²) >= 11 is 3.27. The van der Waals surface area contributed by atoms with Crippen molar-refractivity contribution in [2.24, 2.45) is 0 Å². The minimum Gasteiger partial charge on any atom is -0.424 e. The van der Waals surface area contributed by atoms with Gasteiger partial charge in [0.25, 0.3) is 0 Å². The van der Waals surface area contributed by atoms with E-state index in [-0.39, 0.29) is 11.9 Å². The zero-order chi connectivity index (χ0) is 15.9. The minimum atomic E-state index is 0.0335. The zero-order valence-corrected chi connectivity index (χ0v) is 14.2. The van der Waals surface area contributed by atoms with Crippen molar-refractivity contribution in [3.63, 3.8) is 0 Å². The SMILES string of the molecule is CCCCC(=O)Nc1ccc(Oc2ncc(Br)cn2)c(C)c1. The quantitative estimate of drug-likeness (QED) is 0.822. The summed E-state index contributed by atoms with van der Waals surface area (Å²) in [6, 6.07) is 5.77. The number of amides is 1. The highest BCUT2D eigenvalue weighted by atomic mass is 79.9. The Bertz CT molecular complexity index is 644. The molecule has 1 aromatic heterocycles. The van der Waals surface area contributed by atoms with Gasteiger partial charge in [0.05, 0.1) is 4.47 Å². The van der Waals surface area contributed by atoms with Crippen molar-refractivity contribution in [3.8, 4) is 11.8 Å². The average Bonchev–Trinajstić information content (AvgIpc) is 2.50. The van der Waals surface area contributed by atoms with Crippen LogP contribution in [-0.4, -0.2) is 15.9 Å². The van der Waals surface area contributed by atoms with Crippen molar-refractivity contribution in [2.75, 3.05) is 5.32 Å². The van der Waals surface area contributed by atoms with E-state index < -0.39 is 0 Å². The number of hydrogen-bond acceptors (Lipinski definition) is 4. The Balaban J connectivity index is 2.03. The van der Waals surface area contributed by atoms with E-state index in [9.17, 15) is 4.79 Å². The molecule has 1 aromatic carbocycles. The number of carbonyl (C=O) groups excluding carboxylic acids is 1. The van der Waals surface area contributed by atoms with E-state index in [0.717, 1.165) is 28.6 Å². The van der Waals surface area contributed by atoms with Crippen molar-refractivity contribution in [1.29, 1.82) is 0 Å². The van der Waals surface area contributed by atoms with Crippen molar-refractivity contribution < 1.29 is 9.53 Å². The first-order valence-electron chi connectivity index (χ1n) is 7.14. The van der Waals surface area contributed by atoms with E-state index in [1.165, 1.54) is 0 Å². The average molecular weight is 364 g/mol. The lowest BCUT2D eigenvalue weighted by atomic mass is 10.2. The number of benzene rings is 1. The molecular formula is C16H18BrN3O2. The summed E-state index contributed by atoms with van der Waals surface area (Å²) in [5.41, 5.74) is 1.67. The molecule has 0 spiro atoms. The first-order chi connectivity index (χ1) is 10.6. The molecular weight excluding hydrogens is 346 g/mol. The van der Waals surface area contributed by atoms with Crippen LogP contribution in [0.1, 0.15) is 31.7 Å². The maximum atomic E-state index is 11.7. The first-order valence-corrected chi connectivity index (χ1v) is 7.93. The second-order valence-corrected chi connectivity index (χ2v) is 5.83. The second-order valence-electron chi connectivity index (χ2n) is 4.92. The summed E-state index contributed by atoms with van der Waals surface area (Å²) < 4.78 is 6.43. The summed E-state index contributed by atoms with van der Waals surface area (Å²) in [6.45, 7) is 3.98. The summed E-state index contributed by atoms with van der Waals surface area (Å²) in [6.07, 6.45) is 5.69. The number of anilines is 1. The third-order valence-corrected chi connectivity index (χ3v) is 3.42. The number of aryl methyl sites for hydroxylation is 1. The Morgan fingerprint density at radius 3 is 2.68 bits per heavy atom. The zero-order valence-electron chi connectivity index (χ0n) is 12.6. The fourth-order valence-corrected chi connectivity index (χ4v) is 2.06. The van der Waals surface area contributed by atoms with Crippen molar-refractivity contribution in [2.45, 2.75) is 33.1 Å². The third-order valence-electron chi connectivity index (χ3n) is 3.01. The number of unbranched alkanes of at least 4 members (excludes halogenated alkanes) is 1. The highest BCUT2D eigenvalue weighted by Gasteiger charge is 2.07. The summed E-state index contributed by atoms with van der Waals surface area (Å²) in [5.74, 6) is 0.694. The molecule has 0 unspecified atom stereocenters. The molecule has 0 aliphatic rings. The summed E-state index contributed by atoms with van der Waals surface area (Å²) in [7, 11) is 0. The molecule has 22 heavy (non-hydrogen) atoms. The van der Waals surface area contributed by atoms with Gasteiger partial charge >= 0.3 is 6.01 Å². The molecule has 5 nitrogen and oxygen atoms in total. The van der Waals surface area contributed by atoms with Crippen LogP contribution in [0.4, 0.5) is 5.69 Å². The lowest BCUT2D eigenvalue weighted by molar-refractivity contribution is -0.116. The molecule has 0 atom stereocenters. The van der Waals surface area contributed by atoms with Gasteiger partial charge < -0.3 is 10.1 Å². The van der Waals surface area contributed by atoms with Gasteiger partial charge in [0.15, 0.2) is 0 Å².